The highest BCUT2D eigenvalue weighted by atomic mass is 31.2. The summed E-state index contributed by atoms with van der Waals surface area (Å²) >= 11 is 0. The lowest BCUT2D eigenvalue weighted by molar-refractivity contribution is -0.161. The molecule has 0 heterocycles. The van der Waals surface area contributed by atoms with Crippen LogP contribution in [-0.2, 0) is 65.4 Å². The van der Waals surface area contributed by atoms with Gasteiger partial charge in [-0.25, -0.2) is 9.13 Å². The van der Waals surface area contributed by atoms with Crippen LogP contribution < -0.4 is 0 Å². The highest BCUT2D eigenvalue weighted by Gasteiger charge is 2.30. The van der Waals surface area contributed by atoms with Crippen molar-refractivity contribution in [2.45, 2.75) is 277 Å². The van der Waals surface area contributed by atoms with Crippen LogP contribution in [0.5, 0.6) is 0 Å². The van der Waals surface area contributed by atoms with Crippen LogP contribution in [0.4, 0.5) is 0 Å². The van der Waals surface area contributed by atoms with Gasteiger partial charge in [-0.05, 0) is 148 Å². The van der Waals surface area contributed by atoms with E-state index in [4.69, 9.17) is 37.0 Å². The second kappa shape index (κ2) is 71.8. The fourth-order valence-electron chi connectivity index (χ4n) is 9.04. The van der Waals surface area contributed by atoms with Crippen molar-refractivity contribution in [2.75, 3.05) is 39.6 Å². The molecule has 17 nitrogen and oxygen atoms in total. The molecule has 0 rings (SSSR count). The summed E-state index contributed by atoms with van der Waals surface area (Å²) in [7, 11) is -10.0. The summed E-state index contributed by atoms with van der Waals surface area (Å²) in [5.74, 6) is -2.41. The van der Waals surface area contributed by atoms with Crippen LogP contribution in [0.1, 0.15) is 259 Å². The van der Waals surface area contributed by atoms with Crippen molar-refractivity contribution < 1.29 is 80.2 Å². The molecule has 0 spiro atoms. The predicted molar refractivity (Wildman–Crippen MR) is 408 cm³/mol. The Bertz CT molecular complexity index is 2570. The number of carbonyl (C=O) groups is 4. The maximum atomic E-state index is 13.1. The Morgan fingerprint density at radius 1 is 0.300 bits per heavy atom. The summed E-state index contributed by atoms with van der Waals surface area (Å²) in [6.45, 7) is 4.29. The van der Waals surface area contributed by atoms with Crippen LogP contribution in [0.15, 0.2) is 170 Å². The monoisotopic (exact) mass is 1440 g/mol. The smallest absolute Gasteiger partial charge is 0.462 e. The minimum Gasteiger partial charge on any atom is -0.462 e. The third kappa shape index (κ3) is 70.8. The van der Waals surface area contributed by atoms with Gasteiger partial charge in [-0.2, -0.15) is 0 Å². The van der Waals surface area contributed by atoms with Gasteiger partial charge in [0.1, 0.15) is 19.3 Å². The first-order chi connectivity index (χ1) is 48.7. The molecular weight excluding hydrogens is 1310 g/mol. The van der Waals surface area contributed by atoms with Crippen LogP contribution >= 0.6 is 15.6 Å². The lowest BCUT2D eigenvalue weighted by Crippen LogP contribution is -2.30. The van der Waals surface area contributed by atoms with Gasteiger partial charge >= 0.3 is 39.5 Å². The van der Waals surface area contributed by atoms with Gasteiger partial charge in [0.2, 0.25) is 0 Å². The summed E-state index contributed by atoms with van der Waals surface area (Å²) in [5, 5.41) is 10.6. The van der Waals surface area contributed by atoms with Gasteiger partial charge in [0.15, 0.2) is 12.2 Å². The van der Waals surface area contributed by atoms with E-state index in [-0.39, 0.29) is 25.7 Å². The van der Waals surface area contributed by atoms with Crippen molar-refractivity contribution >= 4 is 39.5 Å². The summed E-state index contributed by atoms with van der Waals surface area (Å²) in [4.78, 5) is 72.7. The number of phosphoric ester groups is 2. The fourth-order valence-corrected chi connectivity index (χ4v) is 10.6. The molecular formula is C81H130O17P2. The SMILES string of the molecule is CC/C=C\C/C=C\C/C=C\C/C=C\C/C=C\CCCCCC(=O)OCC(COP(=O)(O)OCC(O)COP(=O)(O)OCC(COC(=O)CCCCCCC/C=C\C/C=C\CCC)OC(=O)CCCCCCC/C=C\C/C=C\CCC)OC(=O)C/C=C\C/C=C\C/C=C\C/C=C\C/C=C\CC. The van der Waals surface area contributed by atoms with Crippen LogP contribution in [-0.4, -0.2) is 96.7 Å². The van der Waals surface area contributed by atoms with Crippen molar-refractivity contribution in [3.8, 4) is 0 Å². The quantitative estimate of drug-likeness (QED) is 0.0169. The van der Waals surface area contributed by atoms with Crippen molar-refractivity contribution in [1.29, 1.82) is 0 Å². The van der Waals surface area contributed by atoms with Gasteiger partial charge in [0.25, 0.3) is 0 Å². The molecule has 5 unspecified atom stereocenters. The Morgan fingerprint density at radius 2 is 0.560 bits per heavy atom. The average molecular weight is 1440 g/mol. The summed E-state index contributed by atoms with van der Waals surface area (Å²) in [6, 6.07) is 0. The average Bonchev–Trinajstić information content (AvgIpc) is 0.946. The number of carbonyl (C=O) groups excluding carboxylic acids is 4. The van der Waals surface area contributed by atoms with E-state index in [1.807, 2.05) is 12.2 Å². The van der Waals surface area contributed by atoms with E-state index in [1.54, 1.807) is 12.2 Å². The molecule has 566 valence electrons. The van der Waals surface area contributed by atoms with E-state index in [2.05, 4.69) is 174 Å². The minimum atomic E-state index is -5.02. The first-order valence-electron chi connectivity index (χ1n) is 37.4. The highest BCUT2D eigenvalue weighted by molar-refractivity contribution is 7.47. The van der Waals surface area contributed by atoms with Crippen LogP contribution in [0.3, 0.4) is 0 Å². The van der Waals surface area contributed by atoms with Gasteiger partial charge in [-0.1, -0.05) is 256 Å². The number of hydrogen-bond donors (Lipinski definition) is 3. The normalized spacial score (nSPS) is 14.9. The number of esters is 4. The molecule has 5 atom stereocenters. The van der Waals surface area contributed by atoms with E-state index in [1.165, 1.54) is 0 Å². The van der Waals surface area contributed by atoms with Gasteiger partial charge in [-0.3, -0.25) is 37.3 Å². The molecule has 0 aromatic heterocycles. The summed E-state index contributed by atoms with van der Waals surface area (Å²) in [6.07, 6.45) is 83.9. The number of aliphatic hydroxyl groups excluding tert-OH is 1. The molecule has 0 aromatic rings. The number of phosphoric acid groups is 2. The van der Waals surface area contributed by atoms with E-state index >= 15 is 0 Å². The lowest BCUT2D eigenvalue weighted by Gasteiger charge is -2.21. The molecule has 3 N–H and O–H groups in total. The highest BCUT2D eigenvalue weighted by Crippen LogP contribution is 2.45. The number of allylic oxidation sites excluding steroid dienone is 27. The van der Waals surface area contributed by atoms with Crippen LogP contribution in [0, 0.1) is 0 Å². The predicted octanol–water partition coefficient (Wildman–Crippen LogP) is 21.4. The minimum absolute atomic E-state index is 0.0670. The van der Waals surface area contributed by atoms with Gasteiger partial charge in [0.05, 0.1) is 32.8 Å². The first-order valence-corrected chi connectivity index (χ1v) is 40.4. The number of ether oxygens (including phenoxy) is 4. The standard InChI is InChI=1S/C81H130O17P2/c1-5-9-13-17-21-25-29-33-35-36-37-38-40-43-46-50-54-58-62-66-79(84)92-72-77(98-81(86)68-64-60-56-52-48-44-39-34-30-26-22-18-14-10-6-2)74-96-100(89,90)94-70-75(82)69-93-99(87,88)95-73-76(97-80(85)67-63-59-55-51-47-42-32-28-24-20-16-12-8-4)71-91-78(83)65-61-57-53-49-45-41-31-27-23-19-15-11-7-3/h9-10,13-16,19-22,25-28,31-35,37-39,43,46,48,52,60,64,75-77,82H,5-8,11-12,17-18,23-24,29-30,36,40-42,44-45,47,49-51,53-59,61-63,65-74H2,1-4H3,(H,87,88)(H,89,90)/b13-9-,14-10-,19-15-,20-16-,25-21-,26-22-,31-27-,32-28-,35-33-,38-37-,39-34-,46-43-,52-48-,64-60-. The van der Waals surface area contributed by atoms with Gasteiger partial charge < -0.3 is 33.8 Å². The second-order valence-corrected chi connectivity index (χ2v) is 27.0. The largest absolute Gasteiger partial charge is 0.472 e. The molecule has 0 aliphatic heterocycles. The Hall–Kier alpha value is -5.58. The van der Waals surface area contributed by atoms with E-state index in [0.29, 0.717) is 25.7 Å². The molecule has 100 heavy (non-hydrogen) atoms. The zero-order valence-corrected chi connectivity index (χ0v) is 63.3. The maximum absolute atomic E-state index is 13.1. The Labute approximate surface area is 603 Å². The maximum Gasteiger partial charge on any atom is 0.472 e. The van der Waals surface area contributed by atoms with Crippen LogP contribution in [0.2, 0.25) is 0 Å². The molecule has 0 saturated carbocycles. The Morgan fingerprint density at radius 3 is 0.900 bits per heavy atom. The molecule has 19 heteroatoms. The Balaban J connectivity index is 5.48. The topological polar surface area (TPSA) is 237 Å². The second-order valence-electron chi connectivity index (χ2n) is 24.1. The van der Waals surface area contributed by atoms with Crippen molar-refractivity contribution in [3.05, 3.63) is 170 Å². The number of unbranched alkanes of at least 4 members (excludes halogenated alkanes) is 15. The molecule has 0 amide bonds. The molecule has 0 saturated heterocycles. The summed E-state index contributed by atoms with van der Waals surface area (Å²) in [5.41, 5.74) is 0. The molecule has 0 fully saturated rings. The Kier molecular flexibility index (Phi) is 67.8. The molecule has 0 aromatic carbocycles. The molecule has 0 aliphatic rings. The van der Waals surface area contributed by atoms with Crippen molar-refractivity contribution in [3.63, 3.8) is 0 Å². The number of hydrogen-bond acceptors (Lipinski definition) is 15. The van der Waals surface area contributed by atoms with Crippen LogP contribution in [0.25, 0.3) is 0 Å². The lowest BCUT2D eigenvalue weighted by atomic mass is 10.1. The van der Waals surface area contributed by atoms with E-state index in [0.717, 1.165) is 180 Å². The molecule has 0 radical (unpaired) electrons. The van der Waals surface area contributed by atoms with Gasteiger partial charge in [-0.15, -0.1) is 0 Å². The number of aliphatic hydroxyl groups is 1. The third-order valence-corrected chi connectivity index (χ3v) is 16.5. The van der Waals surface area contributed by atoms with Gasteiger partial charge in [0, 0.05) is 19.3 Å². The first kappa shape index (κ1) is 94.4. The third-order valence-electron chi connectivity index (χ3n) is 14.6. The van der Waals surface area contributed by atoms with E-state index in [9.17, 15) is 43.2 Å². The zero-order chi connectivity index (χ0) is 73.2. The molecule has 0 bridgehead atoms. The van der Waals surface area contributed by atoms with E-state index < -0.39 is 97.5 Å². The van der Waals surface area contributed by atoms with Crippen molar-refractivity contribution in [2.24, 2.45) is 0 Å². The fraction of sp³-hybridized carbons (Fsp3) is 0.605. The number of rotatable bonds is 68. The summed E-state index contributed by atoms with van der Waals surface area (Å²) < 4.78 is 68.2. The van der Waals surface area contributed by atoms with Crippen molar-refractivity contribution in [1.82, 2.24) is 0 Å². The zero-order valence-electron chi connectivity index (χ0n) is 61.5. The molecule has 0 aliphatic carbocycles.